The number of hydrogen-bond acceptors (Lipinski definition) is 31. The van der Waals surface area contributed by atoms with Crippen molar-refractivity contribution in [1.29, 1.82) is 0 Å². The first-order valence-electron chi connectivity index (χ1n) is 28.6. The number of nitrogens with zero attached hydrogens (tertiary/aromatic N) is 5. The van der Waals surface area contributed by atoms with E-state index in [9.17, 15) is 47.8 Å². The van der Waals surface area contributed by atoms with Crippen molar-refractivity contribution < 1.29 is 134 Å². The van der Waals surface area contributed by atoms with Crippen LogP contribution in [0.15, 0.2) is 81.7 Å². The standard InChI is InChI=1S/C53H68N11O23P3S2.2O3S/c1-33(34-8-11-38(49(65)66)41(25-34)47-39-12-9-36(54)26-42(39)84-43-27-37(55)10-13-40(43)47)58-16-21-77-23-24-78-22-17-60-52(69)81-20-14-53(2,3)92-91-32-79-18-4-5-19-80-51(68)59-15-6-7-35-29-64(50(67)62-48(35)56)46-28-44(82-31-61-63-57)45(85-46)30-83-89(73,74)87-90(75,76)86-88(70,71)72;2*1-4(2)3/h8-13,25-27,29,44-46,54,58H,1,4-5,14-24,28,30-32,55H2,2-3H3,(H,59,68)(H,60,69)(H,65,66)(H,73,74)(H,75,76)(H2,56,62,67)(H2,70,71,72);;/p+1/t44-,45-,46-;;/m1../s1. The van der Waals surface area contributed by atoms with E-state index >= 15 is 0 Å². The van der Waals surface area contributed by atoms with Crippen LogP contribution in [-0.2, 0) is 81.2 Å². The Labute approximate surface area is 578 Å². The zero-order valence-corrected chi connectivity index (χ0v) is 58.7. The third-order valence-electron chi connectivity index (χ3n) is 12.6. The Morgan fingerprint density at radius 1 is 0.860 bits per heavy atom. The van der Waals surface area contributed by atoms with Crippen LogP contribution in [0.2, 0.25) is 0 Å². The van der Waals surface area contributed by atoms with Gasteiger partial charge in [-0.05, 0) is 80.1 Å². The molecule has 1 aromatic heterocycles. The lowest BCUT2D eigenvalue weighted by Crippen LogP contribution is -2.44. The van der Waals surface area contributed by atoms with E-state index in [4.69, 9.17) is 95.0 Å². The van der Waals surface area contributed by atoms with Gasteiger partial charge in [-0.3, -0.25) is 14.5 Å². The average Bonchev–Trinajstić information content (AvgIpc) is 0.901. The number of phosphoric acid groups is 3. The third-order valence-corrected chi connectivity index (χ3v) is 19.5. The molecule has 1 aliphatic carbocycles. The van der Waals surface area contributed by atoms with E-state index in [1.54, 1.807) is 65.4 Å². The molecule has 2 amide bonds. The average molecular weight is 1550 g/mol. The fourth-order valence-corrected chi connectivity index (χ4v) is 13.7. The maximum Gasteiger partial charge on any atom is 0.490 e. The van der Waals surface area contributed by atoms with Gasteiger partial charge in [0.05, 0.1) is 76.1 Å². The lowest BCUT2D eigenvalue weighted by molar-refractivity contribution is -0.172. The van der Waals surface area contributed by atoms with Crippen LogP contribution in [0.3, 0.4) is 0 Å². The normalized spacial score (nSPS) is 15.3. The predicted molar refractivity (Wildman–Crippen MR) is 352 cm³/mol. The number of amides is 2. The summed E-state index contributed by atoms with van der Waals surface area (Å²) in [7, 11) is -20.2. The topological polar surface area (TPSA) is 609 Å². The second kappa shape index (κ2) is 41.8. The van der Waals surface area contributed by atoms with Gasteiger partial charge in [-0.15, -0.1) is 25.3 Å². The van der Waals surface area contributed by atoms with Gasteiger partial charge in [0.2, 0.25) is 0 Å². The Kier molecular flexibility index (Phi) is 35.4. The summed E-state index contributed by atoms with van der Waals surface area (Å²) in [5, 5.41) is 29.0. The van der Waals surface area contributed by atoms with Crippen molar-refractivity contribution in [2.24, 2.45) is 5.11 Å². The SMILES string of the molecule is C=C(NCCOCCOCCNC(=O)OCCC(C)(C)SSCOCCCCOC(=O)NCC#Cc1cn([C@H]2C[C@@H](OCN=[N+]=[N-])[C@@H](COP(=O)(O)OP(=O)(O)OP(=O)(O)O)O2)c(=O)nc1N)c1ccc(C(=O)O)c(-c2c3ccc(=[NH2+])cc-3oc3cc(N)ccc23)c1.O=S(=O)=O.O=S(=O)=O. The van der Waals surface area contributed by atoms with Crippen LogP contribution in [0, 0.1) is 11.8 Å². The van der Waals surface area contributed by atoms with Crippen molar-refractivity contribution in [2.75, 3.05) is 96.6 Å². The first kappa shape index (κ1) is 84.6. The lowest BCUT2D eigenvalue weighted by atomic mass is 9.89. The highest BCUT2D eigenvalue weighted by molar-refractivity contribution is 8.77. The molecule has 3 heterocycles. The maximum absolute atomic E-state index is 12.9. The number of phosphoric ester groups is 1. The Hall–Kier alpha value is -7.82. The van der Waals surface area contributed by atoms with Crippen molar-refractivity contribution in [2.45, 2.75) is 62.7 Å². The summed E-state index contributed by atoms with van der Waals surface area (Å²) < 4.78 is 143. The minimum absolute atomic E-state index is 0.0148. The smallest absolute Gasteiger partial charge is 0.478 e. The molecule has 40 nitrogen and oxygen atoms in total. The third kappa shape index (κ3) is 31.8. The van der Waals surface area contributed by atoms with Gasteiger partial charge in [-0.25, -0.2) is 32.9 Å². The van der Waals surface area contributed by atoms with Crippen molar-refractivity contribution in [1.82, 2.24) is 25.5 Å². The molecule has 3 aromatic rings. The van der Waals surface area contributed by atoms with Gasteiger partial charge < -0.3 is 89.7 Å². The van der Waals surface area contributed by atoms with Crippen molar-refractivity contribution in [3.05, 3.63) is 110 Å². The Balaban J connectivity index is 0.00000251. The van der Waals surface area contributed by atoms with Crippen LogP contribution in [0.1, 0.15) is 67.2 Å². The number of unbranched alkanes of at least 4 members (excludes halogenated alkanes) is 1. The zero-order valence-electron chi connectivity index (χ0n) is 52.7. The number of carbonyl (C=O) groups is 3. The largest absolute Gasteiger partial charge is 0.490 e. The van der Waals surface area contributed by atoms with E-state index in [0.29, 0.717) is 107 Å². The van der Waals surface area contributed by atoms with Crippen molar-refractivity contribution in [3.8, 4) is 34.3 Å². The Morgan fingerprint density at radius 2 is 1.52 bits per heavy atom. The molecular formula is C53H69N11O29P3S4+. The van der Waals surface area contributed by atoms with E-state index < -0.39 is 100 Å². The number of nitrogens with two attached hydrogens (primary N) is 3. The molecule has 2 aromatic carbocycles. The summed E-state index contributed by atoms with van der Waals surface area (Å²) in [4.78, 5) is 93.0. The van der Waals surface area contributed by atoms with Crippen LogP contribution in [0.25, 0.3) is 49.6 Å². The molecule has 2 unspecified atom stereocenters. The highest BCUT2D eigenvalue weighted by atomic mass is 33.1. The van der Waals surface area contributed by atoms with Gasteiger partial charge in [0.25, 0.3) is 0 Å². The Bertz CT molecular complexity index is 4230. The number of carbonyl (C=O) groups excluding carboxylic acids is 2. The van der Waals surface area contributed by atoms with Crippen LogP contribution >= 0.6 is 45.1 Å². The number of aromatic nitrogens is 2. The van der Waals surface area contributed by atoms with E-state index in [0.717, 1.165) is 4.57 Å². The Morgan fingerprint density at radius 3 is 2.19 bits per heavy atom. The number of carboxylic acids is 1. The summed E-state index contributed by atoms with van der Waals surface area (Å²) in [5.74, 6) is 4.79. The molecule has 0 radical (unpaired) electrons. The number of azide groups is 1. The number of fused-ring (bicyclic) bond motifs is 2. The molecule has 0 saturated carbocycles. The summed E-state index contributed by atoms with van der Waals surface area (Å²) in [6, 6.07) is 15.4. The molecule has 0 bridgehead atoms. The number of ether oxygens (including phenoxy) is 7. The molecule has 548 valence electrons. The van der Waals surface area contributed by atoms with E-state index in [1.165, 1.54) is 17.0 Å². The second-order valence-corrected chi connectivity index (χ2v) is 28.6. The molecule has 5 atom stereocenters. The summed E-state index contributed by atoms with van der Waals surface area (Å²) in [5.41, 5.74) is 23.8. The number of hydrogen-bond donors (Lipinski definition) is 11. The maximum atomic E-state index is 12.9. The second-order valence-electron chi connectivity index (χ2n) is 20.4. The van der Waals surface area contributed by atoms with Crippen LogP contribution in [0.4, 0.5) is 21.1 Å². The fourth-order valence-electron chi connectivity index (χ4n) is 8.41. The number of rotatable bonds is 37. The number of anilines is 2. The molecule has 14 N–H and O–H groups in total. The monoisotopic (exact) mass is 1540 g/mol. The quantitative estimate of drug-likeness (QED) is 0.00260. The van der Waals surface area contributed by atoms with E-state index in [-0.39, 0.29) is 67.6 Å². The molecule has 6 rings (SSSR count). The number of nitrogens with one attached hydrogen (secondary N) is 3. The van der Waals surface area contributed by atoms with Crippen LogP contribution in [-0.4, -0.2) is 180 Å². The van der Waals surface area contributed by atoms with Gasteiger partial charge in [-0.1, -0.05) is 51.2 Å². The van der Waals surface area contributed by atoms with Gasteiger partial charge in [0.15, 0.2) is 5.36 Å². The van der Waals surface area contributed by atoms with Crippen LogP contribution in [0.5, 0.6) is 0 Å². The predicted octanol–water partition coefficient (Wildman–Crippen LogP) is 2.96. The zero-order chi connectivity index (χ0) is 74.2. The van der Waals surface area contributed by atoms with Gasteiger partial charge in [0, 0.05) is 82.0 Å². The van der Waals surface area contributed by atoms with Gasteiger partial charge >= 0.3 is 68.5 Å². The molecule has 100 heavy (non-hydrogen) atoms. The first-order chi connectivity index (χ1) is 47.1. The van der Waals surface area contributed by atoms with Crippen molar-refractivity contribution in [3.63, 3.8) is 0 Å². The summed E-state index contributed by atoms with van der Waals surface area (Å²) in [6.45, 7) is 8.97. The molecule has 1 saturated heterocycles. The van der Waals surface area contributed by atoms with E-state index in [2.05, 4.69) is 62.5 Å². The molecule has 3 aliphatic rings. The van der Waals surface area contributed by atoms with Crippen LogP contribution < -0.4 is 43.9 Å². The molecule has 47 heteroatoms. The minimum atomic E-state index is -5.83. The summed E-state index contributed by atoms with van der Waals surface area (Å²) >= 11 is 0. The number of alkyl carbamates (subject to hydrolysis) is 2. The van der Waals surface area contributed by atoms with Crippen molar-refractivity contribution >= 4 is 113 Å². The highest BCUT2D eigenvalue weighted by Crippen LogP contribution is 2.66. The number of nitrogen functional groups attached to an aromatic ring is 2. The molecule has 0 spiro atoms. The molecular weight excluding hydrogens is 1480 g/mol. The number of aromatic carboxylic acids is 1. The summed E-state index contributed by atoms with van der Waals surface area (Å²) in [6.07, 6.45) is -2.42. The minimum Gasteiger partial charge on any atom is -0.478 e. The lowest BCUT2D eigenvalue weighted by Gasteiger charge is -2.22. The number of benzene rings is 3. The number of carboxylic acid groups (broad SMARTS) is 1. The fraction of sp³-hybridized carbons (Fsp3) is 0.434. The molecule has 1 fully saturated rings. The van der Waals surface area contributed by atoms with Gasteiger partial charge in [0.1, 0.15) is 42.2 Å². The first-order valence-corrected chi connectivity index (χ1v) is 37.4. The van der Waals surface area contributed by atoms with E-state index in [1.807, 2.05) is 13.8 Å². The highest BCUT2D eigenvalue weighted by Gasteiger charge is 2.44. The molecule has 2 aliphatic heterocycles. The van der Waals surface area contributed by atoms with Gasteiger partial charge in [-0.2, -0.15) is 13.6 Å².